The maximum atomic E-state index is 12.9. The van der Waals surface area contributed by atoms with Gasteiger partial charge in [-0.3, -0.25) is 9.59 Å². The molecule has 0 aliphatic carbocycles. The molecular formula is C32H28Br2N6O4. The second kappa shape index (κ2) is 12.9. The third-order valence-electron chi connectivity index (χ3n) is 7.50. The van der Waals surface area contributed by atoms with Crippen LogP contribution in [-0.4, -0.2) is 33.7 Å². The molecule has 0 fully saturated rings. The Morgan fingerprint density at radius 1 is 0.568 bits per heavy atom. The van der Waals surface area contributed by atoms with E-state index in [1.807, 2.05) is 60.7 Å². The maximum Gasteiger partial charge on any atom is 0.280 e. The topological polar surface area (TPSA) is 130 Å². The van der Waals surface area contributed by atoms with Crippen LogP contribution in [0.4, 0.5) is 11.4 Å². The summed E-state index contributed by atoms with van der Waals surface area (Å²) in [4.78, 5) is 25.9. The molecule has 2 aliphatic rings. The van der Waals surface area contributed by atoms with Gasteiger partial charge in [0, 0.05) is 8.95 Å². The molecule has 4 N–H and O–H groups in total. The number of hydrazone groups is 2. The summed E-state index contributed by atoms with van der Waals surface area (Å²) in [6, 6.07) is 32.6. The highest BCUT2D eigenvalue weighted by Crippen LogP contribution is 2.35. The van der Waals surface area contributed by atoms with Crippen LogP contribution in [0.3, 0.4) is 0 Å². The van der Waals surface area contributed by atoms with E-state index in [-0.39, 0.29) is 11.8 Å². The SMILES string of the molecule is CC1=NN(c2ccc(Br)cc2)C(=O)C1(NO)c1ccccc1.CC1=NN(c2ccc(Br)cc2)C(=O)C1(NO)c1ccccc1. The van der Waals surface area contributed by atoms with Crippen molar-refractivity contribution in [1.29, 1.82) is 0 Å². The highest BCUT2D eigenvalue weighted by Gasteiger charge is 2.52. The van der Waals surface area contributed by atoms with Crippen molar-refractivity contribution in [3.8, 4) is 0 Å². The van der Waals surface area contributed by atoms with E-state index in [9.17, 15) is 20.0 Å². The summed E-state index contributed by atoms with van der Waals surface area (Å²) >= 11 is 6.72. The highest BCUT2D eigenvalue weighted by atomic mass is 79.9. The summed E-state index contributed by atoms with van der Waals surface area (Å²) in [5, 5.41) is 30.7. The Bertz CT molecular complexity index is 1590. The molecule has 4 aromatic carbocycles. The summed E-state index contributed by atoms with van der Waals surface area (Å²) in [6.07, 6.45) is 0. The molecule has 4 aromatic rings. The van der Waals surface area contributed by atoms with Gasteiger partial charge in [0.2, 0.25) is 0 Å². The second-order valence-corrected chi connectivity index (χ2v) is 11.8. The summed E-state index contributed by atoms with van der Waals surface area (Å²) in [6.45, 7) is 3.43. The van der Waals surface area contributed by atoms with Crippen LogP contribution in [0.1, 0.15) is 25.0 Å². The molecule has 2 atom stereocenters. The fourth-order valence-corrected chi connectivity index (χ4v) is 5.64. The van der Waals surface area contributed by atoms with Gasteiger partial charge in [-0.05, 0) is 73.5 Å². The van der Waals surface area contributed by atoms with Crippen molar-refractivity contribution in [2.75, 3.05) is 10.0 Å². The molecule has 12 heteroatoms. The number of nitrogens with one attached hydrogen (secondary N) is 2. The monoisotopic (exact) mass is 718 g/mol. The normalized spacial score (nSPS) is 21.1. The molecule has 0 radical (unpaired) electrons. The van der Waals surface area contributed by atoms with Crippen LogP contribution in [0.15, 0.2) is 128 Å². The molecule has 2 unspecified atom stereocenters. The zero-order chi connectivity index (χ0) is 31.5. The average molecular weight is 720 g/mol. The van der Waals surface area contributed by atoms with Crippen molar-refractivity contribution in [2.24, 2.45) is 10.2 Å². The predicted octanol–water partition coefficient (Wildman–Crippen LogP) is 6.09. The number of hydrogen-bond donors (Lipinski definition) is 4. The molecule has 0 bridgehead atoms. The van der Waals surface area contributed by atoms with Gasteiger partial charge in [-0.2, -0.15) is 31.2 Å². The molecule has 0 saturated heterocycles. The summed E-state index contributed by atoms with van der Waals surface area (Å²) < 4.78 is 1.83. The van der Waals surface area contributed by atoms with E-state index in [2.05, 4.69) is 53.0 Å². The molecule has 0 spiro atoms. The van der Waals surface area contributed by atoms with Gasteiger partial charge >= 0.3 is 0 Å². The summed E-state index contributed by atoms with van der Waals surface area (Å²) in [5.74, 6) is -0.693. The third kappa shape index (κ3) is 5.40. The first kappa shape index (κ1) is 31.4. The smallest absolute Gasteiger partial charge is 0.280 e. The van der Waals surface area contributed by atoms with Gasteiger partial charge in [0.05, 0.1) is 22.8 Å². The van der Waals surface area contributed by atoms with Gasteiger partial charge < -0.3 is 10.4 Å². The Hall–Kier alpha value is -4.04. The molecular weight excluding hydrogens is 692 g/mol. The Balaban J connectivity index is 0.000000175. The van der Waals surface area contributed by atoms with Crippen LogP contribution < -0.4 is 21.0 Å². The predicted molar refractivity (Wildman–Crippen MR) is 176 cm³/mol. The molecule has 6 rings (SSSR count). The number of halogens is 2. The van der Waals surface area contributed by atoms with Crippen LogP contribution in [-0.2, 0) is 20.7 Å². The molecule has 2 aliphatic heterocycles. The lowest BCUT2D eigenvalue weighted by Gasteiger charge is -2.26. The standard InChI is InChI=1S/2C16H14BrN3O2/c2*1-11-16(19-22,12-5-3-2-4-6-12)15(21)20(18-11)14-9-7-13(17)8-10-14/h2*2-10,19,22H,1H3. The lowest BCUT2D eigenvalue weighted by Crippen LogP contribution is -2.53. The Kier molecular flexibility index (Phi) is 9.20. The van der Waals surface area contributed by atoms with E-state index in [1.165, 1.54) is 10.0 Å². The number of carbonyl (C=O) groups excluding carboxylic acids is 2. The zero-order valence-corrected chi connectivity index (χ0v) is 26.8. The van der Waals surface area contributed by atoms with Gasteiger partial charge in [-0.25, -0.2) is 0 Å². The Morgan fingerprint density at radius 3 is 1.18 bits per heavy atom. The van der Waals surface area contributed by atoms with Gasteiger partial charge in [0.15, 0.2) is 11.1 Å². The number of hydroxylamine groups is 2. The lowest BCUT2D eigenvalue weighted by atomic mass is 9.86. The minimum Gasteiger partial charge on any atom is -0.315 e. The van der Waals surface area contributed by atoms with Gasteiger partial charge in [0.1, 0.15) is 0 Å². The molecule has 44 heavy (non-hydrogen) atoms. The fraction of sp³-hybridized carbons (Fsp3) is 0.125. The number of rotatable bonds is 6. The first-order valence-corrected chi connectivity index (χ1v) is 15.0. The number of amides is 2. The first-order chi connectivity index (χ1) is 21.2. The van der Waals surface area contributed by atoms with Crippen LogP contribution in [0.25, 0.3) is 0 Å². The average Bonchev–Trinajstić information content (AvgIpc) is 3.47. The maximum absolute atomic E-state index is 12.9. The van der Waals surface area contributed by atoms with E-state index >= 15 is 0 Å². The summed E-state index contributed by atoms with van der Waals surface area (Å²) in [7, 11) is 0. The van der Waals surface area contributed by atoms with Crippen LogP contribution >= 0.6 is 31.9 Å². The van der Waals surface area contributed by atoms with Gasteiger partial charge in [-0.15, -0.1) is 0 Å². The van der Waals surface area contributed by atoms with Crippen LogP contribution in [0.5, 0.6) is 0 Å². The van der Waals surface area contributed by atoms with Crippen molar-refractivity contribution < 1.29 is 20.0 Å². The molecule has 224 valence electrons. The molecule has 10 nitrogen and oxygen atoms in total. The van der Waals surface area contributed by atoms with E-state index in [0.717, 1.165) is 8.95 Å². The zero-order valence-electron chi connectivity index (χ0n) is 23.6. The van der Waals surface area contributed by atoms with E-state index < -0.39 is 11.1 Å². The Labute approximate surface area is 270 Å². The Morgan fingerprint density at radius 2 is 0.886 bits per heavy atom. The highest BCUT2D eigenvalue weighted by molar-refractivity contribution is 9.10. The fourth-order valence-electron chi connectivity index (χ4n) is 5.11. The molecule has 2 heterocycles. The number of carbonyl (C=O) groups is 2. The molecule has 2 amide bonds. The minimum absolute atomic E-state index is 0.346. The second-order valence-electron chi connectivity index (χ2n) is 10.0. The molecule has 0 aromatic heterocycles. The van der Waals surface area contributed by atoms with Crippen molar-refractivity contribution in [3.63, 3.8) is 0 Å². The number of hydrogen-bond acceptors (Lipinski definition) is 8. The minimum atomic E-state index is -1.35. The number of nitrogens with zero attached hydrogens (tertiary/aromatic N) is 4. The third-order valence-corrected chi connectivity index (χ3v) is 8.56. The van der Waals surface area contributed by atoms with E-state index in [4.69, 9.17) is 0 Å². The van der Waals surface area contributed by atoms with Crippen molar-refractivity contribution in [2.45, 2.75) is 24.9 Å². The van der Waals surface area contributed by atoms with Crippen molar-refractivity contribution >= 4 is 66.5 Å². The van der Waals surface area contributed by atoms with E-state index in [0.29, 0.717) is 33.9 Å². The lowest BCUT2D eigenvalue weighted by molar-refractivity contribution is -0.126. The first-order valence-electron chi connectivity index (χ1n) is 13.4. The van der Waals surface area contributed by atoms with Crippen molar-refractivity contribution in [1.82, 2.24) is 11.0 Å². The largest absolute Gasteiger partial charge is 0.315 e. The van der Waals surface area contributed by atoms with Crippen LogP contribution in [0.2, 0.25) is 0 Å². The van der Waals surface area contributed by atoms with Gasteiger partial charge in [0.25, 0.3) is 11.8 Å². The van der Waals surface area contributed by atoms with E-state index in [1.54, 1.807) is 62.4 Å². The van der Waals surface area contributed by atoms with Crippen molar-refractivity contribution in [3.05, 3.63) is 129 Å². The van der Waals surface area contributed by atoms with Gasteiger partial charge in [-0.1, -0.05) is 92.5 Å². The quantitative estimate of drug-likeness (QED) is 0.179. The molecule has 0 saturated carbocycles. The van der Waals surface area contributed by atoms with Crippen LogP contribution in [0, 0.1) is 0 Å². The summed E-state index contributed by atoms with van der Waals surface area (Å²) in [5.41, 5.74) is 5.16. The number of benzene rings is 4. The number of anilines is 2.